The summed E-state index contributed by atoms with van der Waals surface area (Å²) in [6.45, 7) is 0. The first kappa shape index (κ1) is 12.7. The van der Waals surface area contributed by atoms with Crippen molar-refractivity contribution in [3.8, 4) is 0 Å². The van der Waals surface area contributed by atoms with Crippen LogP contribution in [0, 0.1) is 0 Å². The Morgan fingerprint density at radius 2 is 1.47 bits per heavy atom. The van der Waals surface area contributed by atoms with Gasteiger partial charge in [0.1, 0.15) is 0 Å². The Morgan fingerprint density at radius 1 is 0.842 bits per heavy atom. The number of nitrogens with two attached hydrogens (primary N) is 1. The van der Waals surface area contributed by atoms with E-state index in [1.54, 1.807) is 0 Å². The second kappa shape index (κ2) is 5.36. The molecule has 0 aromatic heterocycles. The molecule has 3 rings (SSSR count). The Balaban J connectivity index is 1.91. The molecule has 1 aliphatic carbocycles. The van der Waals surface area contributed by atoms with Crippen LogP contribution < -0.4 is 5.73 Å². The van der Waals surface area contributed by atoms with E-state index in [0.29, 0.717) is 0 Å². The van der Waals surface area contributed by atoms with Gasteiger partial charge < -0.3 is 5.73 Å². The molecule has 0 spiro atoms. The molecular weight excluding hydrogens is 254 g/mol. The van der Waals surface area contributed by atoms with Gasteiger partial charge in [0.05, 0.1) is 6.04 Å². The number of halogens is 1. The van der Waals surface area contributed by atoms with Crippen molar-refractivity contribution in [1.82, 2.24) is 0 Å². The van der Waals surface area contributed by atoms with E-state index in [1.165, 1.54) is 42.4 Å². The fourth-order valence-corrected chi connectivity index (χ4v) is 2.94. The van der Waals surface area contributed by atoms with E-state index in [-0.39, 0.29) is 6.04 Å². The van der Waals surface area contributed by atoms with Crippen LogP contribution >= 0.6 is 11.6 Å². The number of hydrogen-bond donors (Lipinski definition) is 1. The van der Waals surface area contributed by atoms with Gasteiger partial charge in [0.15, 0.2) is 0 Å². The first-order valence-electron chi connectivity index (χ1n) is 6.87. The normalized spacial score (nSPS) is 15.9. The molecule has 0 radical (unpaired) electrons. The molecular formula is C17H18ClN. The van der Waals surface area contributed by atoms with Crippen molar-refractivity contribution in [1.29, 1.82) is 0 Å². The van der Waals surface area contributed by atoms with Crippen molar-refractivity contribution in [3.63, 3.8) is 0 Å². The number of benzene rings is 2. The van der Waals surface area contributed by atoms with Crippen LogP contribution in [0.15, 0.2) is 42.5 Å². The highest BCUT2D eigenvalue weighted by Crippen LogP contribution is 2.27. The van der Waals surface area contributed by atoms with Crippen molar-refractivity contribution in [2.24, 2.45) is 5.73 Å². The van der Waals surface area contributed by atoms with Crippen molar-refractivity contribution in [2.75, 3.05) is 0 Å². The Kier molecular flexibility index (Phi) is 3.58. The number of hydrogen-bond acceptors (Lipinski definition) is 1. The Labute approximate surface area is 119 Å². The van der Waals surface area contributed by atoms with Crippen molar-refractivity contribution in [3.05, 3.63) is 69.7 Å². The second-order valence-electron chi connectivity index (χ2n) is 5.26. The molecule has 0 fully saturated rings. The molecule has 1 atom stereocenters. The first-order chi connectivity index (χ1) is 9.24. The van der Waals surface area contributed by atoms with Crippen LogP contribution in [0.4, 0.5) is 0 Å². The predicted molar refractivity (Wildman–Crippen MR) is 80.6 cm³/mol. The minimum atomic E-state index is -0.0653. The molecule has 1 unspecified atom stereocenters. The summed E-state index contributed by atoms with van der Waals surface area (Å²) >= 11 is 5.92. The third kappa shape index (κ3) is 2.68. The molecule has 0 aliphatic heterocycles. The third-order valence-corrected chi connectivity index (χ3v) is 4.21. The van der Waals surface area contributed by atoms with Gasteiger partial charge in [-0.3, -0.25) is 0 Å². The van der Waals surface area contributed by atoms with E-state index >= 15 is 0 Å². The number of rotatable bonds is 2. The fourth-order valence-electron chi connectivity index (χ4n) is 2.81. The molecule has 1 aliphatic rings. The summed E-state index contributed by atoms with van der Waals surface area (Å²) in [6.07, 6.45) is 5.02. The minimum absolute atomic E-state index is 0.0653. The average Bonchev–Trinajstić information content (AvgIpc) is 2.47. The van der Waals surface area contributed by atoms with E-state index in [4.69, 9.17) is 17.3 Å². The number of fused-ring (bicyclic) bond motifs is 1. The average molecular weight is 272 g/mol. The lowest BCUT2D eigenvalue weighted by atomic mass is 9.88. The highest BCUT2D eigenvalue weighted by atomic mass is 35.5. The summed E-state index contributed by atoms with van der Waals surface area (Å²) in [7, 11) is 0. The summed E-state index contributed by atoms with van der Waals surface area (Å²) in [6, 6.07) is 14.4. The smallest absolute Gasteiger partial charge is 0.0551 e. The SMILES string of the molecule is NC(c1ccc(Cl)cc1)c1ccc2c(c1)CCCC2. The molecule has 19 heavy (non-hydrogen) atoms. The maximum absolute atomic E-state index is 6.36. The summed E-state index contributed by atoms with van der Waals surface area (Å²) < 4.78 is 0. The summed E-state index contributed by atoms with van der Waals surface area (Å²) in [5, 5.41) is 0.751. The molecule has 0 amide bonds. The zero-order valence-electron chi connectivity index (χ0n) is 10.9. The summed E-state index contributed by atoms with van der Waals surface area (Å²) in [5.74, 6) is 0. The Morgan fingerprint density at radius 3 is 2.21 bits per heavy atom. The van der Waals surface area contributed by atoms with Gasteiger partial charge in [-0.25, -0.2) is 0 Å². The molecule has 1 nitrogen and oxygen atoms in total. The van der Waals surface area contributed by atoms with Gasteiger partial charge >= 0.3 is 0 Å². The van der Waals surface area contributed by atoms with E-state index in [0.717, 1.165) is 10.6 Å². The van der Waals surface area contributed by atoms with Crippen molar-refractivity contribution in [2.45, 2.75) is 31.7 Å². The van der Waals surface area contributed by atoms with Crippen LogP contribution in [0.3, 0.4) is 0 Å². The van der Waals surface area contributed by atoms with E-state index in [9.17, 15) is 0 Å². The Bertz CT molecular complexity index is 574. The van der Waals surface area contributed by atoms with Gasteiger partial charge in [-0.2, -0.15) is 0 Å². The van der Waals surface area contributed by atoms with Crippen LogP contribution in [-0.2, 0) is 12.8 Å². The van der Waals surface area contributed by atoms with E-state index < -0.39 is 0 Å². The molecule has 0 saturated carbocycles. The van der Waals surface area contributed by atoms with Crippen LogP contribution in [0.1, 0.15) is 41.1 Å². The van der Waals surface area contributed by atoms with Crippen LogP contribution in [-0.4, -0.2) is 0 Å². The van der Waals surface area contributed by atoms with Crippen LogP contribution in [0.5, 0.6) is 0 Å². The fraction of sp³-hybridized carbons (Fsp3) is 0.294. The second-order valence-corrected chi connectivity index (χ2v) is 5.70. The highest BCUT2D eigenvalue weighted by Gasteiger charge is 2.13. The minimum Gasteiger partial charge on any atom is -0.320 e. The first-order valence-corrected chi connectivity index (χ1v) is 7.24. The molecule has 0 heterocycles. The zero-order chi connectivity index (χ0) is 13.2. The van der Waals surface area contributed by atoms with Gasteiger partial charge in [0.25, 0.3) is 0 Å². The largest absolute Gasteiger partial charge is 0.320 e. The molecule has 2 aromatic rings. The maximum Gasteiger partial charge on any atom is 0.0551 e. The van der Waals surface area contributed by atoms with Crippen molar-refractivity contribution >= 4 is 11.6 Å². The molecule has 98 valence electrons. The van der Waals surface area contributed by atoms with Crippen LogP contribution in [0.25, 0.3) is 0 Å². The summed E-state index contributed by atoms with van der Waals surface area (Å²) in [5.41, 5.74) is 11.6. The zero-order valence-corrected chi connectivity index (χ0v) is 11.7. The lowest BCUT2D eigenvalue weighted by Gasteiger charge is -2.19. The van der Waals surface area contributed by atoms with Gasteiger partial charge in [-0.05, 0) is 60.1 Å². The van der Waals surface area contributed by atoms with Crippen molar-refractivity contribution < 1.29 is 0 Å². The number of aryl methyl sites for hydroxylation is 2. The standard InChI is InChI=1S/C17H18ClN/c18-16-9-7-13(8-10-16)17(19)15-6-5-12-3-1-2-4-14(12)11-15/h5-11,17H,1-4,19H2. The molecule has 2 aromatic carbocycles. The predicted octanol–water partition coefficient (Wildman–Crippen LogP) is 4.27. The lowest BCUT2D eigenvalue weighted by Crippen LogP contribution is -2.13. The maximum atomic E-state index is 6.36. The molecule has 0 bridgehead atoms. The van der Waals surface area contributed by atoms with Gasteiger partial charge in [-0.15, -0.1) is 0 Å². The molecule has 2 heteroatoms. The highest BCUT2D eigenvalue weighted by molar-refractivity contribution is 6.30. The lowest BCUT2D eigenvalue weighted by molar-refractivity contribution is 0.682. The van der Waals surface area contributed by atoms with E-state index in [2.05, 4.69) is 18.2 Å². The van der Waals surface area contributed by atoms with E-state index in [1.807, 2.05) is 24.3 Å². The quantitative estimate of drug-likeness (QED) is 0.867. The van der Waals surface area contributed by atoms with Gasteiger partial charge in [0, 0.05) is 5.02 Å². The summed E-state index contributed by atoms with van der Waals surface area (Å²) in [4.78, 5) is 0. The monoisotopic (exact) mass is 271 g/mol. The van der Waals surface area contributed by atoms with Gasteiger partial charge in [0.2, 0.25) is 0 Å². The Hall–Kier alpha value is -1.31. The molecule has 2 N–H and O–H groups in total. The van der Waals surface area contributed by atoms with Crippen LogP contribution in [0.2, 0.25) is 5.02 Å². The van der Waals surface area contributed by atoms with Gasteiger partial charge in [-0.1, -0.05) is 41.9 Å². The molecule has 0 saturated heterocycles. The topological polar surface area (TPSA) is 26.0 Å². The third-order valence-electron chi connectivity index (χ3n) is 3.96.